The molecule has 0 unspecified atom stereocenters. The summed E-state index contributed by atoms with van der Waals surface area (Å²) in [6.07, 6.45) is 4.77. The van der Waals surface area contributed by atoms with E-state index in [-0.39, 0.29) is 17.0 Å². The molecule has 1 rings (SSSR count). The predicted molar refractivity (Wildman–Crippen MR) is 81.9 cm³/mol. The SMILES string of the molecule is Br.Nc1cc(N)nc(NCCCCCCBr)n1. The second-order valence-electron chi connectivity index (χ2n) is 3.57. The van der Waals surface area contributed by atoms with E-state index in [0.717, 1.165) is 18.3 Å². The van der Waals surface area contributed by atoms with E-state index in [1.165, 1.54) is 19.3 Å². The van der Waals surface area contributed by atoms with Crippen LogP contribution in [0.1, 0.15) is 25.7 Å². The molecule has 0 bridgehead atoms. The van der Waals surface area contributed by atoms with E-state index < -0.39 is 0 Å². The number of nitrogen functional groups attached to an aromatic ring is 2. The normalized spacial score (nSPS) is 9.71. The highest BCUT2D eigenvalue weighted by atomic mass is 79.9. The van der Waals surface area contributed by atoms with Crippen LogP contribution in [0, 0.1) is 0 Å². The number of nitrogens with zero attached hydrogens (tertiary/aromatic N) is 2. The maximum absolute atomic E-state index is 5.55. The van der Waals surface area contributed by atoms with Crippen LogP contribution in [0.2, 0.25) is 0 Å². The molecule has 17 heavy (non-hydrogen) atoms. The lowest BCUT2D eigenvalue weighted by Gasteiger charge is -2.05. The molecule has 7 heteroatoms. The number of alkyl halides is 1. The fraction of sp³-hybridized carbons (Fsp3) is 0.600. The van der Waals surface area contributed by atoms with Gasteiger partial charge in [0.25, 0.3) is 0 Å². The van der Waals surface area contributed by atoms with Crippen molar-refractivity contribution in [1.29, 1.82) is 0 Å². The van der Waals surface area contributed by atoms with Crippen molar-refractivity contribution >= 4 is 50.5 Å². The summed E-state index contributed by atoms with van der Waals surface area (Å²) in [6, 6.07) is 1.54. The number of aromatic nitrogens is 2. The average Bonchev–Trinajstić information content (AvgIpc) is 2.22. The first kappa shape index (κ1) is 16.4. The molecule has 5 N–H and O–H groups in total. The van der Waals surface area contributed by atoms with E-state index in [1.807, 2.05) is 0 Å². The molecule has 0 aromatic carbocycles. The van der Waals surface area contributed by atoms with E-state index in [0.29, 0.717) is 17.6 Å². The Kier molecular flexibility index (Phi) is 9.16. The quantitative estimate of drug-likeness (QED) is 0.508. The molecule has 0 aliphatic rings. The lowest BCUT2D eigenvalue weighted by atomic mass is 10.2. The van der Waals surface area contributed by atoms with Crippen LogP contribution in [0.15, 0.2) is 6.07 Å². The first-order chi connectivity index (χ1) is 7.72. The fourth-order valence-electron chi connectivity index (χ4n) is 1.34. The van der Waals surface area contributed by atoms with Crippen LogP contribution in [-0.2, 0) is 0 Å². The molecule has 0 radical (unpaired) electrons. The molecule has 1 aromatic heterocycles. The van der Waals surface area contributed by atoms with E-state index in [9.17, 15) is 0 Å². The second-order valence-corrected chi connectivity index (χ2v) is 4.36. The van der Waals surface area contributed by atoms with Gasteiger partial charge in [0.15, 0.2) is 0 Å². The smallest absolute Gasteiger partial charge is 0.226 e. The highest BCUT2D eigenvalue weighted by molar-refractivity contribution is 9.09. The number of halogens is 2. The number of rotatable bonds is 7. The molecule has 0 aliphatic heterocycles. The van der Waals surface area contributed by atoms with E-state index in [4.69, 9.17) is 11.5 Å². The minimum absolute atomic E-state index is 0. The predicted octanol–water partition coefficient (Wildman–Crippen LogP) is 2.59. The summed E-state index contributed by atoms with van der Waals surface area (Å²) in [6.45, 7) is 0.852. The van der Waals surface area contributed by atoms with Gasteiger partial charge in [-0.05, 0) is 12.8 Å². The molecule has 0 saturated heterocycles. The third-order valence-corrected chi connectivity index (χ3v) is 2.67. The molecular weight excluding hydrogens is 350 g/mol. The summed E-state index contributed by atoms with van der Waals surface area (Å²) in [7, 11) is 0. The van der Waals surface area contributed by atoms with Crippen molar-refractivity contribution in [1.82, 2.24) is 9.97 Å². The maximum atomic E-state index is 5.55. The highest BCUT2D eigenvalue weighted by Crippen LogP contribution is 2.08. The summed E-state index contributed by atoms with van der Waals surface area (Å²) in [5, 5.41) is 4.19. The maximum Gasteiger partial charge on any atom is 0.226 e. The minimum atomic E-state index is 0. The Balaban J connectivity index is 0.00000256. The first-order valence-corrected chi connectivity index (χ1v) is 6.54. The zero-order chi connectivity index (χ0) is 11.8. The average molecular weight is 369 g/mol. The van der Waals surface area contributed by atoms with Crippen LogP contribution >= 0.6 is 32.9 Å². The molecule has 0 fully saturated rings. The van der Waals surface area contributed by atoms with Gasteiger partial charge in [-0.2, -0.15) is 9.97 Å². The number of unbranched alkanes of at least 4 members (excludes halogenated alkanes) is 3. The van der Waals surface area contributed by atoms with Crippen molar-refractivity contribution in [3.63, 3.8) is 0 Å². The topological polar surface area (TPSA) is 89.9 Å². The van der Waals surface area contributed by atoms with Crippen molar-refractivity contribution in [2.45, 2.75) is 25.7 Å². The molecule has 0 saturated carbocycles. The van der Waals surface area contributed by atoms with Crippen LogP contribution in [0.4, 0.5) is 17.6 Å². The van der Waals surface area contributed by atoms with Crippen molar-refractivity contribution in [3.8, 4) is 0 Å². The van der Waals surface area contributed by atoms with Crippen molar-refractivity contribution < 1.29 is 0 Å². The molecule has 0 amide bonds. The van der Waals surface area contributed by atoms with Crippen LogP contribution in [0.3, 0.4) is 0 Å². The fourth-order valence-corrected chi connectivity index (χ4v) is 1.73. The zero-order valence-corrected chi connectivity index (χ0v) is 13.0. The number of hydrogen-bond acceptors (Lipinski definition) is 5. The lowest BCUT2D eigenvalue weighted by molar-refractivity contribution is 0.689. The van der Waals surface area contributed by atoms with Gasteiger partial charge >= 0.3 is 0 Å². The van der Waals surface area contributed by atoms with Crippen LogP contribution in [0.5, 0.6) is 0 Å². The van der Waals surface area contributed by atoms with Gasteiger partial charge in [0.2, 0.25) is 5.95 Å². The third kappa shape index (κ3) is 7.38. The largest absolute Gasteiger partial charge is 0.383 e. The Bertz CT molecular complexity index is 301. The van der Waals surface area contributed by atoms with Crippen LogP contribution < -0.4 is 16.8 Å². The van der Waals surface area contributed by atoms with Gasteiger partial charge in [0.1, 0.15) is 11.6 Å². The Morgan fingerprint density at radius 2 is 1.65 bits per heavy atom. The number of nitrogens with one attached hydrogen (secondary N) is 1. The van der Waals surface area contributed by atoms with Crippen molar-refractivity contribution in [2.24, 2.45) is 0 Å². The number of hydrogen-bond donors (Lipinski definition) is 3. The Hall–Kier alpha value is -0.560. The van der Waals surface area contributed by atoms with Gasteiger partial charge in [-0.3, -0.25) is 0 Å². The Labute approximate surface area is 121 Å². The molecular formula is C10H19Br2N5. The van der Waals surface area contributed by atoms with Gasteiger partial charge in [0.05, 0.1) is 0 Å². The summed E-state index contributed by atoms with van der Waals surface area (Å²) < 4.78 is 0. The second kappa shape index (κ2) is 9.47. The van der Waals surface area contributed by atoms with E-state index in [1.54, 1.807) is 6.07 Å². The first-order valence-electron chi connectivity index (χ1n) is 5.42. The molecule has 98 valence electrons. The van der Waals surface area contributed by atoms with Gasteiger partial charge in [0, 0.05) is 17.9 Å². The van der Waals surface area contributed by atoms with E-state index >= 15 is 0 Å². The van der Waals surface area contributed by atoms with E-state index in [2.05, 4.69) is 31.2 Å². The summed E-state index contributed by atoms with van der Waals surface area (Å²) >= 11 is 3.41. The molecule has 1 aromatic rings. The van der Waals surface area contributed by atoms with Gasteiger partial charge in [-0.1, -0.05) is 28.8 Å². The monoisotopic (exact) mass is 367 g/mol. The number of nitrogens with two attached hydrogens (primary N) is 2. The lowest BCUT2D eigenvalue weighted by Crippen LogP contribution is -2.08. The van der Waals surface area contributed by atoms with Gasteiger partial charge < -0.3 is 16.8 Å². The molecule has 5 nitrogen and oxygen atoms in total. The van der Waals surface area contributed by atoms with Crippen LogP contribution in [0.25, 0.3) is 0 Å². The summed E-state index contributed by atoms with van der Waals surface area (Å²) in [4.78, 5) is 8.07. The van der Waals surface area contributed by atoms with Crippen LogP contribution in [-0.4, -0.2) is 21.8 Å². The standard InChI is InChI=1S/C10H18BrN5.BrH/c11-5-3-1-2-4-6-14-10-15-8(12)7-9(13)16-10;/h7H,1-6H2,(H5,12,13,14,15,16);1H. The minimum Gasteiger partial charge on any atom is -0.383 e. The zero-order valence-electron chi connectivity index (χ0n) is 9.66. The Morgan fingerprint density at radius 1 is 1.06 bits per heavy atom. The molecule has 0 spiro atoms. The van der Waals surface area contributed by atoms with Crippen molar-refractivity contribution in [2.75, 3.05) is 28.7 Å². The van der Waals surface area contributed by atoms with Crippen molar-refractivity contribution in [3.05, 3.63) is 6.07 Å². The summed E-state index contributed by atoms with van der Waals surface area (Å²) in [5.41, 5.74) is 11.1. The van der Waals surface area contributed by atoms with Gasteiger partial charge in [-0.15, -0.1) is 17.0 Å². The van der Waals surface area contributed by atoms with Gasteiger partial charge in [-0.25, -0.2) is 0 Å². The highest BCUT2D eigenvalue weighted by Gasteiger charge is 1.98. The Morgan fingerprint density at radius 3 is 2.24 bits per heavy atom. The molecule has 1 heterocycles. The molecule has 0 aliphatic carbocycles. The number of anilines is 3. The third-order valence-electron chi connectivity index (χ3n) is 2.11. The summed E-state index contributed by atoms with van der Waals surface area (Å²) in [5.74, 6) is 1.31. The molecule has 0 atom stereocenters.